The number of carbonyl (C=O) groups is 1. The lowest BCUT2D eigenvalue weighted by molar-refractivity contribution is 0.105. The molecule has 6 heteroatoms. The molecule has 0 heterocycles. The molecule has 1 N–H and O–H groups in total. The molecule has 22 heavy (non-hydrogen) atoms. The van der Waals surface area contributed by atoms with Crippen LogP contribution in [0.5, 0.6) is 0 Å². The maximum atomic E-state index is 12.4. The van der Waals surface area contributed by atoms with Crippen LogP contribution in [0.3, 0.4) is 0 Å². The Balaban J connectivity index is 2.36. The van der Waals surface area contributed by atoms with Gasteiger partial charge < -0.3 is 5.21 Å². The average molecular weight is 317 g/mol. The zero-order valence-corrected chi connectivity index (χ0v) is 12.7. The molecule has 0 radical (unpaired) electrons. The van der Waals surface area contributed by atoms with Crippen molar-refractivity contribution in [2.24, 2.45) is 5.16 Å². The van der Waals surface area contributed by atoms with E-state index >= 15 is 0 Å². The maximum absolute atomic E-state index is 12.4. The third kappa shape index (κ3) is 3.07. The first-order valence-corrected chi connectivity index (χ1v) is 8.15. The number of sulfone groups is 1. The molecule has 0 aliphatic heterocycles. The normalized spacial score (nSPS) is 12.1. The Hall–Kier alpha value is -2.47. The fraction of sp³-hybridized carbons (Fsp3) is 0.125. The van der Waals surface area contributed by atoms with Crippen LogP contribution in [-0.2, 0) is 9.84 Å². The van der Waals surface area contributed by atoms with Gasteiger partial charge in [-0.2, -0.15) is 0 Å². The summed E-state index contributed by atoms with van der Waals surface area (Å²) >= 11 is 0. The molecule has 0 saturated carbocycles. The van der Waals surface area contributed by atoms with Crippen molar-refractivity contribution in [1.29, 1.82) is 0 Å². The van der Waals surface area contributed by atoms with Crippen molar-refractivity contribution in [3.8, 4) is 0 Å². The Morgan fingerprint density at radius 3 is 2.05 bits per heavy atom. The molecule has 2 aromatic rings. The number of oxime groups is 1. The van der Waals surface area contributed by atoms with E-state index < -0.39 is 15.6 Å². The summed E-state index contributed by atoms with van der Waals surface area (Å²) in [5, 5.41) is 11.7. The second kappa shape index (κ2) is 6.53. The summed E-state index contributed by atoms with van der Waals surface area (Å²) in [6.07, 6.45) is 0.291. The number of nitrogens with zero attached hydrogens (tertiary/aromatic N) is 1. The van der Waals surface area contributed by atoms with Gasteiger partial charge in [-0.1, -0.05) is 30.3 Å². The number of rotatable bonds is 5. The highest BCUT2D eigenvalue weighted by Crippen LogP contribution is 2.21. The molecule has 0 aliphatic carbocycles. The molecule has 0 atom stereocenters. The Morgan fingerprint density at radius 2 is 1.55 bits per heavy atom. The topological polar surface area (TPSA) is 83.8 Å². The monoisotopic (exact) mass is 317 g/mol. The molecule has 0 unspecified atom stereocenters. The predicted molar refractivity (Wildman–Crippen MR) is 82.2 cm³/mol. The highest BCUT2D eigenvalue weighted by Gasteiger charge is 2.18. The molecule has 0 fully saturated rings. The Labute approximate surface area is 128 Å². The second-order valence-electron chi connectivity index (χ2n) is 4.57. The van der Waals surface area contributed by atoms with Gasteiger partial charge in [-0.25, -0.2) is 8.42 Å². The summed E-state index contributed by atoms with van der Waals surface area (Å²) < 4.78 is 24.8. The van der Waals surface area contributed by atoms with Gasteiger partial charge in [-0.3, -0.25) is 4.79 Å². The summed E-state index contributed by atoms with van der Waals surface area (Å²) in [7, 11) is -3.60. The highest BCUT2D eigenvalue weighted by atomic mass is 32.2. The fourth-order valence-electron chi connectivity index (χ4n) is 1.96. The molecule has 0 aliphatic rings. The van der Waals surface area contributed by atoms with E-state index in [4.69, 9.17) is 5.21 Å². The minimum atomic E-state index is -3.60. The van der Waals surface area contributed by atoms with Crippen molar-refractivity contribution in [2.45, 2.75) is 23.1 Å². The number of ketones is 1. The van der Waals surface area contributed by atoms with Gasteiger partial charge in [0.05, 0.1) is 9.79 Å². The lowest BCUT2D eigenvalue weighted by Crippen LogP contribution is -2.13. The summed E-state index contributed by atoms with van der Waals surface area (Å²) in [5.41, 5.74) is 0.306. The quantitative estimate of drug-likeness (QED) is 0.398. The zero-order valence-electron chi connectivity index (χ0n) is 11.9. The smallest absolute Gasteiger partial charge is 0.210 e. The Bertz CT molecular complexity index is 794. The minimum absolute atomic E-state index is 0.0265. The molecule has 2 aromatic carbocycles. The van der Waals surface area contributed by atoms with Gasteiger partial charge in [0, 0.05) is 5.56 Å². The molecule has 0 aromatic heterocycles. The van der Waals surface area contributed by atoms with Crippen LogP contribution in [0.25, 0.3) is 0 Å². The van der Waals surface area contributed by atoms with E-state index in [0.29, 0.717) is 6.42 Å². The van der Waals surface area contributed by atoms with E-state index in [0.717, 1.165) is 0 Å². The first-order valence-electron chi connectivity index (χ1n) is 6.66. The summed E-state index contributed by atoms with van der Waals surface area (Å²) in [4.78, 5) is 12.3. The third-order valence-electron chi connectivity index (χ3n) is 3.20. The van der Waals surface area contributed by atoms with Crippen molar-refractivity contribution < 1.29 is 18.4 Å². The molecule has 114 valence electrons. The zero-order chi connectivity index (χ0) is 16.2. The van der Waals surface area contributed by atoms with E-state index in [-0.39, 0.29) is 21.1 Å². The SMILES string of the molecule is CCC(=NO)C(=O)c1ccc(S(=O)(=O)c2ccccc2)cc1. The lowest BCUT2D eigenvalue weighted by atomic mass is 10.1. The molecular weight excluding hydrogens is 302 g/mol. The third-order valence-corrected chi connectivity index (χ3v) is 4.98. The summed E-state index contributed by atoms with van der Waals surface area (Å²) in [6.45, 7) is 1.70. The maximum Gasteiger partial charge on any atom is 0.210 e. The molecule has 0 spiro atoms. The number of Topliss-reactive ketones (excluding diaryl/α,β-unsaturated/α-hetero) is 1. The van der Waals surface area contributed by atoms with Crippen LogP contribution in [0.1, 0.15) is 23.7 Å². The number of hydrogen-bond acceptors (Lipinski definition) is 5. The lowest BCUT2D eigenvalue weighted by Gasteiger charge is -2.06. The van der Waals surface area contributed by atoms with E-state index in [1.807, 2.05) is 0 Å². The highest BCUT2D eigenvalue weighted by molar-refractivity contribution is 7.91. The van der Waals surface area contributed by atoms with Crippen LogP contribution in [0.15, 0.2) is 69.5 Å². The van der Waals surface area contributed by atoms with E-state index in [9.17, 15) is 13.2 Å². The number of carbonyl (C=O) groups excluding carboxylic acids is 1. The van der Waals surface area contributed by atoms with Gasteiger partial charge in [0.25, 0.3) is 0 Å². The van der Waals surface area contributed by atoms with Crippen LogP contribution in [0.4, 0.5) is 0 Å². The molecule has 2 rings (SSSR count). The van der Waals surface area contributed by atoms with E-state index in [2.05, 4.69) is 5.16 Å². The number of hydrogen-bond donors (Lipinski definition) is 1. The van der Waals surface area contributed by atoms with Gasteiger partial charge >= 0.3 is 0 Å². The van der Waals surface area contributed by atoms with Crippen LogP contribution in [0.2, 0.25) is 0 Å². The van der Waals surface area contributed by atoms with E-state index in [1.54, 1.807) is 25.1 Å². The largest absolute Gasteiger partial charge is 0.411 e. The molecular formula is C16H15NO4S. The number of benzene rings is 2. The Morgan fingerprint density at radius 1 is 1.00 bits per heavy atom. The van der Waals surface area contributed by atoms with E-state index in [1.165, 1.54) is 36.4 Å². The Kier molecular flexibility index (Phi) is 4.72. The van der Waals surface area contributed by atoms with Crippen molar-refractivity contribution in [3.63, 3.8) is 0 Å². The first kappa shape index (κ1) is 15.9. The predicted octanol–water partition coefficient (Wildman–Crippen LogP) is 2.94. The first-order chi connectivity index (χ1) is 10.5. The molecule has 5 nitrogen and oxygen atoms in total. The minimum Gasteiger partial charge on any atom is -0.411 e. The van der Waals surface area contributed by atoms with Gasteiger partial charge in [-0.05, 0) is 42.8 Å². The van der Waals surface area contributed by atoms with Gasteiger partial charge in [0.1, 0.15) is 5.71 Å². The van der Waals surface area contributed by atoms with Gasteiger partial charge in [0.15, 0.2) is 0 Å². The van der Waals surface area contributed by atoms with Crippen LogP contribution in [-0.4, -0.2) is 25.1 Å². The fourth-order valence-corrected chi connectivity index (χ4v) is 3.25. The van der Waals surface area contributed by atoms with Crippen LogP contribution in [0, 0.1) is 0 Å². The van der Waals surface area contributed by atoms with Gasteiger partial charge in [-0.15, -0.1) is 0 Å². The van der Waals surface area contributed by atoms with Crippen molar-refractivity contribution in [2.75, 3.05) is 0 Å². The van der Waals surface area contributed by atoms with Crippen molar-refractivity contribution >= 4 is 21.3 Å². The molecule has 0 amide bonds. The van der Waals surface area contributed by atoms with Gasteiger partial charge in [0.2, 0.25) is 15.6 Å². The second-order valence-corrected chi connectivity index (χ2v) is 6.52. The standard InChI is InChI=1S/C16H15NO4S/c1-2-15(17-19)16(18)12-8-10-14(11-9-12)22(20,21)13-6-4-3-5-7-13/h3-11,19H,2H2,1H3. The summed E-state index contributed by atoms with van der Waals surface area (Å²) in [5.74, 6) is -0.423. The van der Waals surface area contributed by atoms with Crippen LogP contribution < -0.4 is 0 Å². The average Bonchev–Trinajstić information content (AvgIpc) is 2.57. The molecule has 0 bridgehead atoms. The van der Waals surface area contributed by atoms with Crippen LogP contribution >= 0.6 is 0 Å². The van der Waals surface area contributed by atoms with Crippen molar-refractivity contribution in [1.82, 2.24) is 0 Å². The summed E-state index contributed by atoms with van der Waals surface area (Å²) in [6, 6.07) is 13.6. The molecule has 0 saturated heterocycles. The van der Waals surface area contributed by atoms with Crippen molar-refractivity contribution in [3.05, 3.63) is 60.2 Å².